The van der Waals surface area contributed by atoms with Crippen LogP contribution in [-0.4, -0.2) is 46.9 Å². The van der Waals surface area contributed by atoms with E-state index in [9.17, 15) is 4.79 Å². The van der Waals surface area contributed by atoms with E-state index in [1.54, 1.807) is 0 Å². The fourth-order valence-corrected chi connectivity index (χ4v) is 3.45. The molecule has 2 aromatic carbocycles. The van der Waals surface area contributed by atoms with Gasteiger partial charge in [-0.25, -0.2) is 0 Å². The molecule has 0 fully saturated rings. The summed E-state index contributed by atoms with van der Waals surface area (Å²) in [6, 6.07) is 15.4. The first-order valence-corrected chi connectivity index (χ1v) is 10.8. The van der Waals surface area contributed by atoms with E-state index in [0.29, 0.717) is 42.8 Å². The molecule has 1 atom stereocenters. The third-order valence-corrected chi connectivity index (χ3v) is 5.45. The van der Waals surface area contributed by atoms with Crippen LogP contribution < -0.4 is 9.47 Å². The third kappa shape index (κ3) is 5.26. The first-order chi connectivity index (χ1) is 15.6. The molecule has 1 aliphatic heterocycles. The van der Waals surface area contributed by atoms with Crippen molar-refractivity contribution in [1.82, 2.24) is 15.0 Å². The van der Waals surface area contributed by atoms with Gasteiger partial charge >= 0.3 is 0 Å². The Morgan fingerprint density at radius 3 is 2.78 bits per heavy atom. The van der Waals surface area contributed by atoms with E-state index >= 15 is 0 Å². The second-order valence-corrected chi connectivity index (χ2v) is 7.65. The minimum absolute atomic E-state index is 0.0332. The van der Waals surface area contributed by atoms with Crippen LogP contribution >= 0.6 is 0 Å². The molecule has 0 unspecified atom stereocenters. The Labute approximate surface area is 187 Å². The van der Waals surface area contributed by atoms with Gasteiger partial charge in [-0.15, -0.1) is 0 Å². The van der Waals surface area contributed by atoms with Crippen LogP contribution in [-0.2, 0) is 22.6 Å². The van der Waals surface area contributed by atoms with Crippen LogP contribution in [0.1, 0.15) is 31.7 Å². The lowest BCUT2D eigenvalue weighted by atomic mass is 10.2. The summed E-state index contributed by atoms with van der Waals surface area (Å²) in [5.74, 6) is 2.27. The summed E-state index contributed by atoms with van der Waals surface area (Å²) in [6.07, 6.45) is 1.31. The molecule has 168 valence electrons. The summed E-state index contributed by atoms with van der Waals surface area (Å²) in [7, 11) is 0. The fourth-order valence-electron chi connectivity index (χ4n) is 3.45. The zero-order chi connectivity index (χ0) is 22.3. The number of benzene rings is 2. The van der Waals surface area contributed by atoms with E-state index in [-0.39, 0.29) is 25.3 Å². The predicted molar refractivity (Wildman–Crippen MR) is 117 cm³/mol. The van der Waals surface area contributed by atoms with Crippen LogP contribution in [0, 0.1) is 0 Å². The van der Waals surface area contributed by atoms with Gasteiger partial charge in [0.1, 0.15) is 6.61 Å². The molecule has 0 radical (unpaired) electrons. The van der Waals surface area contributed by atoms with Gasteiger partial charge in [0, 0.05) is 24.6 Å². The average molecular weight is 437 g/mol. The maximum absolute atomic E-state index is 12.8. The first kappa shape index (κ1) is 21.8. The Kier molecular flexibility index (Phi) is 7.01. The van der Waals surface area contributed by atoms with Crippen LogP contribution in [0.15, 0.2) is 53.1 Å². The molecule has 1 amide bonds. The molecule has 8 heteroatoms. The Morgan fingerprint density at radius 2 is 1.97 bits per heavy atom. The molecule has 4 rings (SSSR count). The number of ether oxygens (including phenoxy) is 3. The number of nitrogens with zero attached hydrogens (tertiary/aromatic N) is 3. The second kappa shape index (κ2) is 10.3. The van der Waals surface area contributed by atoms with Crippen LogP contribution in [0.2, 0.25) is 0 Å². The molecule has 1 aromatic heterocycles. The van der Waals surface area contributed by atoms with E-state index in [4.69, 9.17) is 18.7 Å². The summed E-state index contributed by atoms with van der Waals surface area (Å²) in [6.45, 7) is 5.21. The van der Waals surface area contributed by atoms with Gasteiger partial charge in [0.15, 0.2) is 11.5 Å². The van der Waals surface area contributed by atoms with E-state index in [0.717, 1.165) is 17.5 Å². The topological polar surface area (TPSA) is 86.9 Å². The number of fused-ring (bicyclic) bond motifs is 1. The molecule has 0 saturated heterocycles. The standard InChI is InChI=1S/C24H27N3O5/c1-3-17(2)27(23(28)15-29-14-18-7-5-4-6-8-18)12-11-22-25-24(26-32-22)19-9-10-20-21(13-19)31-16-30-20/h4-10,13,17H,3,11-12,14-16H2,1-2H3/t17-/m1/s1. The second-order valence-electron chi connectivity index (χ2n) is 7.65. The molecule has 0 saturated carbocycles. The van der Waals surface area contributed by atoms with E-state index in [2.05, 4.69) is 17.1 Å². The Balaban J connectivity index is 1.34. The fraction of sp³-hybridized carbons (Fsp3) is 0.375. The van der Waals surface area contributed by atoms with Crippen molar-refractivity contribution in [2.45, 2.75) is 39.3 Å². The summed E-state index contributed by atoms with van der Waals surface area (Å²) in [4.78, 5) is 19.1. The lowest BCUT2D eigenvalue weighted by Gasteiger charge is -2.28. The maximum atomic E-state index is 12.8. The molecule has 2 heterocycles. The largest absolute Gasteiger partial charge is 0.454 e. The molecule has 0 bridgehead atoms. The number of rotatable bonds is 10. The number of carbonyl (C=O) groups excluding carboxylic acids is 1. The van der Waals surface area contributed by atoms with Gasteiger partial charge in [0.05, 0.1) is 6.61 Å². The highest BCUT2D eigenvalue weighted by molar-refractivity contribution is 5.77. The van der Waals surface area contributed by atoms with E-state index in [1.807, 2.05) is 60.4 Å². The summed E-state index contributed by atoms with van der Waals surface area (Å²) in [5.41, 5.74) is 1.82. The van der Waals surface area contributed by atoms with Crippen LogP contribution in [0.5, 0.6) is 11.5 Å². The molecule has 8 nitrogen and oxygen atoms in total. The monoisotopic (exact) mass is 437 g/mol. The van der Waals surface area contributed by atoms with Crippen LogP contribution in [0.3, 0.4) is 0 Å². The first-order valence-electron chi connectivity index (χ1n) is 10.8. The molecular formula is C24H27N3O5. The highest BCUT2D eigenvalue weighted by atomic mass is 16.7. The molecule has 32 heavy (non-hydrogen) atoms. The maximum Gasteiger partial charge on any atom is 0.248 e. The minimum atomic E-state index is -0.0502. The number of amides is 1. The van der Waals surface area contributed by atoms with Crippen molar-refractivity contribution >= 4 is 5.91 Å². The van der Waals surface area contributed by atoms with Crippen LogP contribution in [0.4, 0.5) is 0 Å². The van der Waals surface area contributed by atoms with Gasteiger partial charge in [-0.3, -0.25) is 4.79 Å². The zero-order valence-electron chi connectivity index (χ0n) is 18.3. The Bertz CT molecular complexity index is 1040. The normalized spacial score (nSPS) is 13.2. The molecule has 1 aliphatic rings. The van der Waals surface area contributed by atoms with Gasteiger partial charge in [0.2, 0.25) is 24.4 Å². The quantitative estimate of drug-likeness (QED) is 0.476. The summed E-state index contributed by atoms with van der Waals surface area (Å²) in [5, 5.41) is 4.07. The lowest BCUT2D eigenvalue weighted by Crippen LogP contribution is -2.41. The van der Waals surface area contributed by atoms with E-state index in [1.165, 1.54) is 0 Å². The van der Waals surface area contributed by atoms with Gasteiger partial charge in [-0.1, -0.05) is 42.4 Å². The zero-order valence-corrected chi connectivity index (χ0v) is 18.3. The van der Waals surface area contributed by atoms with Crippen molar-refractivity contribution in [1.29, 1.82) is 0 Å². The lowest BCUT2D eigenvalue weighted by molar-refractivity contribution is -0.138. The Morgan fingerprint density at radius 1 is 1.16 bits per heavy atom. The summed E-state index contributed by atoms with van der Waals surface area (Å²) >= 11 is 0. The van der Waals surface area contributed by atoms with Crippen molar-refractivity contribution < 1.29 is 23.5 Å². The molecule has 0 spiro atoms. The molecule has 0 N–H and O–H groups in total. The molecule has 3 aromatic rings. The predicted octanol–water partition coefficient (Wildman–Crippen LogP) is 3.85. The SMILES string of the molecule is CC[C@@H](C)N(CCc1nc(-c2ccc3c(c2)OCO3)no1)C(=O)COCc1ccccc1. The number of hydrogen-bond donors (Lipinski definition) is 0. The van der Waals surface area contributed by atoms with Crippen molar-refractivity contribution in [2.24, 2.45) is 0 Å². The highest BCUT2D eigenvalue weighted by Gasteiger charge is 2.21. The van der Waals surface area contributed by atoms with Gasteiger partial charge in [-0.2, -0.15) is 4.98 Å². The number of carbonyl (C=O) groups is 1. The smallest absolute Gasteiger partial charge is 0.248 e. The molecule has 0 aliphatic carbocycles. The Hall–Kier alpha value is -3.39. The number of aromatic nitrogens is 2. The van der Waals surface area contributed by atoms with Crippen LogP contribution in [0.25, 0.3) is 11.4 Å². The van der Waals surface area contributed by atoms with Crippen molar-refractivity contribution in [3.05, 3.63) is 60.0 Å². The van der Waals surface area contributed by atoms with Crippen molar-refractivity contribution in [3.8, 4) is 22.9 Å². The minimum Gasteiger partial charge on any atom is -0.454 e. The van der Waals surface area contributed by atoms with E-state index < -0.39 is 0 Å². The molecular weight excluding hydrogens is 410 g/mol. The third-order valence-electron chi connectivity index (χ3n) is 5.45. The van der Waals surface area contributed by atoms with Gasteiger partial charge in [0.25, 0.3) is 0 Å². The number of hydrogen-bond acceptors (Lipinski definition) is 7. The van der Waals surface area contributed by atoms with Crippen molar-refractivity contribution in [3.63, 3.8) is 0 Å². The van der Waals surface area contributed by atoms with Gasteiger partial charge in [-0.05, 0) is 37.1 Å². The van der Waals surface area contributed by atoms with Crippen molar-refractivity contribution in [2.75, 3.05) is 19.9 Å². The average Bonchev–Trinajstić information content (AvgIpc) is 3.48. The summed E-state index contributed by atoms with van der Waals surface area (Å²) < 4.78 is 21.8. The van der Waals surface area contributed by atoms with Gasteiger partial charge < -0.3 is 23.6 Å². The highest BCUT2D eigenvalue weighted by Crippen LogP contribution is 2.35.